The molecule has 2 amide bonds. The molecule has 1 atom stereocenters. The summed E-state index contributed by atoms with van der Waals surface area (Å²) in [7, 11) is 1.65. The minimum Gasteiger partial charge on any atom is -0.497 e. The molecule has 1 heterocycles. The highest BCUT2D eigenvalue weighted by Crippen LogP contribution is 2.34. The number of nitrogens with one attached hydrogen (secondary N) is 1. The Morgan fingerprint density at radius 3 is 2.52 bits per heavy atom. The van der Waals surface area contributed by atoms with E-state index in [0.29, 0.717) is 6.54 Å². The van der Waals surface area contributed by atoms with Crippen LogP contribution in [-0.4, -0.2) is 36.4 Å². The van der Waals surface area contributed by atoms with E-state index in [1.54, 1.807) is 12.0 Å². The van der Waals surface area contributed by atoms with Crippen LogP contribution in [0.15, 0.2) is 48.5 Å². The van der Waals surface area contributed by atoms with Gasteiger partial charge in [0.05, 0.1) is 7.11 Å². The predicted octanol–water partition coefficient (Wildman–Crippen LogP) is 3.70. The Hall–Kier alpha value is -2.82. The van der Waals surface area contributed by atoms with Crippen molar-refractivity contribution in [1.29, 1.82) is 0 Å². The third kappa shape index (κ3) is 3.82. The van der Waals surface area contributed by atoms with E-state index in [-0.39, 0.29) is 23.8 Å². The van der Waals surface area contributed by atoms with Crippen LogP contribution in [0.1, 0.15) is 25.7 Å². The zero-order valence-corrected chi connectivity index (χ0v) is 15.5. The Morgan fingerprint density at radius 1 is 1.04 bits per heavy atom. The second kappa shape index (κ2) is 7.43. The van der Waals surface area contributed by atoms with Gasteiger partial charge in [-0.3, -0.25) is 9.59 Å². The Labute approximate surface area is 159 Å². The van der Waals surface area contributed by atoms with Crippen molar-refractivity contribution in [2.75, 3.05) is 19.0 Å². The second-order valence-corrected chi connectivity index (χ2v) is 7.26. The van der Waals surface area contributed by atoms with E-state index in [2.05, 4.69) is 5.32 Å². The SMILES string of the molecule is COc1cccc(-c2ccc(NC(=O)[C@H]3CCCN3C(=O)C3CC3)cc2)c1. The van der Waals surface area contributed by atoms with Crippen LogP contribution in [0.25, 0.3) is 11.1 Å². The van der Waals surface area contributed by atoms with Crippen molar-refractivity contribution in [2.45, 2.75) is 31.7 Å². The summed E-state index contributed by atoms with van der Waals surface area (Å²) in [4.78, 5) is 26.8. The molecule has 0 spiro atoms. The number of benzene rings is 2. The minimum absolute atomic E-state index is 0.0874. The molecule has 5 heteroatoms. The molecule has 1 aliphatic carbocycles. The van der Waals surface area contributed by atoms with Crippen molar-refractivity contribution in [3.63, 3.8) is 0 Å². The van der Waals surface area contributed by atoms with Crippen molar-refractivity contribution in [1.82, 2.24) is 4.90 Å². The topological polar surface area (TPSA) is 58.6 Å². The van der Waals surface area contributed by atoms with Crippen LogP contribution in [0, 0.1) is 5.92 Å². The quantitative estimate of drug-likeness (QED) is 0.880. The highest BCUT2D eigenvalue weighted by Gasteiger charge is 2.40. The van der Waals surface area contributed by atoms with Crippen LogP contribution in [0.2, 0.25) is 0 Å². The van der Waals surface area contributed by atoms with Gasteiger partial charge in [-0.2, -0.15) is 0 Å². The van der Waals surface area contributed by atoms with E-state index in [1.165, 1.54) is 0 Å². The van der Waals surface area contributed by atoms with E-state index in [4.69, 9.17) is 4.74 Å². The van der Waals surface area contributed by atoms with E-state index < -0.39 is 0 Å². The lowest BCUT2D eigenvalue weighted by Gasteiger charge is -2.24. The maximum atomic E-state index is 12.7. The molecular formula is C22H24N2O3. The summed E-state index contributed by atoms with van der Waals surface area (Å²) < 4.78 is 5.27. The van der Waals surface area contributed by atoms with Gasteiger partial charge in [0.2, 0.25) is 11.8 Å². The van der Waals surface area contributed by atoms with Gasteiger partial charge in [-0.15, -0.1) is 0 Å². The molecule has 2 aliphatic rings. The molecule has 0 unspecified atom stereocenters. The van der Waals surface area contributed by atoms with Crippen LogP contribution < -0.4 is 10.1 Å². The lowest BCUT2D eigenvalue weighted by Crippen LogP contribution is -2.43. The van der Waals surface area contributed by atoms with Crippen molar-refractivity contribution < 1.29 is 14.3 Å². The normalized spacial score (nSPS) is 19.0. The van der Waals surface area contributed by atoms with E-state index in [9.17, 15) is 9.59 Å². The first-order chi connectivity index (χ1) is 13.2. The smallest absolute Gasteiger partial charge is 0.247 e. The fourth-order valence-corrected chi connectivity index (χ4v) is 3.64. The van der Waals surface area contributed by atoms with Crippen LogP contribution in [0.4, 0.5) is 5.69 Å². The fourth-order valence-electron chi connectivity index (χ4n) is 3.64. The lowest BCUT2D eigenvalue weighted by atomic mass is 10.0. The molecule has 27 heavy (non-hydrogen) atoms. The fraction of sp³-hybridized carbons (Fsp3) is 0.364. The molecule has 0 aromatic heterocycles. The van der Waals surface area contributed by atoms with Gasteiger partial charge in [-0.25, -0.2) is 0 Å². The number of anilines is 1. The standard InChI is InChI=1S/C22H24N2O3/c1-27-19-5-2-4-17(14-19)15-9-11-18(12-10-15)23-21(25)20-6-3-13-24(20)22(26)16-7-8-16/h2,4-5,9-12,14,16,20H,3,6-8,13H2,1H3,(H,23,25)/t20-/m1/s1. The second-order valence-electron chi connectivity index (χ2n) is 7.26. The summed E-state index contributed by atoms with van der Waals surface area (Å²) in [6, 6.07) is 15.3. The molecule has 1 aliphatic heterocycles. The molecule has 5 nitrogen and oxygen atoms in total. The predicted molar refractivity (Wildman–Crippen MR) is 105 cm³/mol. The van der Waals surface area contributed by atoms with Gasteiger partial charge in [0, 0.05) is 18.2 Å². The minimum atomic E-state index is -0.337. The first kappa shape index (κ1) is 17.6. The number of carbonyl (C=O) groups excluding carboxylic acids is 2. The number of carbonyl (C=O) groups is 2. The van der Waals surface area contributed by atoms with Gasteiger partial charge in [0.1, 0.15) is 11.8 Å². The van der Waals surface area contributed by atoms with E-state index in [1.807, 2.05) is 48.5 Å². The average Bonchev–Trinajstić information content (AvgIpc) is 3.44. The zero-order chi connectivity index (χ0) is 18.8. The monoisotopic (exact) mass is 364 g/mol. The lowest BCUT2D eigenvalue weighted by molar-refractivity contribution is -0.137. The number of nitrogens with zero attached hydrogens (tertiary/aromatic N) is 1. The summed E-state index contributed by atoms with van der Waals surface area (Å²) in [6.07, 6.45) is 3.57. The number of rotatable bonds is 5. The molecule has 2 fully saturated rings. The summed E-state index contributed by atoms with van der Waals surface area (Å²) in [5, 5.41) is 2.97. The third-order valence-corrected chi connectivity index (χ3v) is 5.32. The van der Waals surface area contributed by atoms with Gasteiger partial charge >= 0.3 is 0 Å². The van der Waals surface area contributed by atoms with Crippen molar-refractivity contribution in [2.24, 2.45) is 5.92 Å². The van der Waals surface area contributed by atoms with E-state index >= 15 is 0 Å². The molecule has 2 aromatic carbocycles. The molecule has 1 N–H and O–H groups in total. The molecular weight excluding hydrogens is 340 g/mol. The Morgan fingerprint density at radius 2 is 1.81 bits per heavy atom. The molecule has 140 valence electrons. The molecule has 0 radical (unpaired) electrons. The summed E-state index contributed by atoms with van der Waals surface area (Å²) in [5.74, 6) is 1.03. The van der Waals surface area contributed by atoms with Crippen molar-refractivity contribution in [3.05, 3.63) is 48.5 Å². The first-order valence-electron chi connectivity index (χ1n) is 9.51. The summed E-state index contributed by atoms with van der Waals surface area (Å²) in [5.41, 5.74) is 2.86. The Bertz CT molecular complexity index is 843. The highest BCUT2D eigenvalue weighted by molar-refractivity contribution is 5.98. The Kier molecular flexibility index (Phi) is 4.84. The number of hydrogen-bond donors (Lipinski definition) is 1. The maximum absolute atomic E-state index is 12.7. The third-order valence-electron chi connectivity index (χ3n) is 5.32. The number of hydrogen-bond acceptors (Lipinski definition) is 3. The molecule has 2 aromatic rings. The van der Waals surface area contributed by atoms with Crippen molar-refractivity contribution >= 4 is 17.5 Å². The van der Waals surface area contributed by atoms with Crippen LogP contribution in [-0.2, 0) is 9.59 Å². The van der Waals surface area contributed by atoms with Gasteiger partial charge in [-0.05, 0) is 61.1 Å². The zero-order valence-electron chi connectivity index (χ0n) is 15.5. The molecule has 0 bridgehead atoms. The number of likely N-dealkylation sites (tertiary alicyclic amines) is 1. The van der Waals surface area contributed by atoms with Gasteiger partial charge < -0.3 is 15.0 Å². The van der Waals surface area contributed by atoms with Gasteiger partial charge in [0.15, 0.2) is 0 Å². The maximum Gasteiger partial charge on any atom is 0.247 e. The highest BCUT2D eigenvalue weighted by atomic mass is 16.5. The number of amides is 2. The average molecular weight is 364 g/mol. The van der Waals surface area contributed by atoms with Crippen LogP contribution in [0.5, 0.6) is 5.75 Å². The van der Waals surface area contributed by atoms with Crippen LogP contribution in [0.3, 0.4) is 0 Å². The number of ether oxygens (including phenoxy) is 1. The first-order valence-corrected chi connectivity index (χ1v) is 9.51. The van der Waals surface area contributed by atoms with Gasteiger partial charge in [0.25, 0.3) is 0 Å². The van der Waals surface area contributed by atoms with Gasteiger partial charge in [-0.1, -0.05) is 24.3 Å². The molecule has 1 saturated carbocycles. The molecule has 4 rings (SSSR count). The summed E-state index contributed by atoms with van der Waals surface area (Å²) >= 11 is 0. The molecule has 1 saturated heterocycles. The Balaban J connectivity index is 1.43. The summed E-state index contributed by atoms with van der Waals surface area (Å²) in [6.45, 7) is 0.697. The van der Waals surface area contributed by atoms with Crippen molar-refractivity contribution in [3.8, 4) is 16.9 Å². The number of methoxy groups -OCH3 is 1. The van der Waals surface area contributed by atoms with E-state index in [0.717, 1.165) is 48.2 Å². The largest absolute Gasteiger partial charge is 0.497 e. The van der Waals surface area contributed by atoms with Crippen LogP contribution >= 0.6 is 0 Å².